The molecule has 4 aliphatic rings. The second-order valence-corrected chi connectivity index (χ2v) is 28.4. The minimum Gasteiger partial charge on any atom is -0.309 e. The fourth-order valence-electron chi connectivity index (χ4n) is 13.6. The van der Waals surface area contributed by atoms with Gasteiger partial charge in [-0.05, 0) is 162 Å². The van der Waals surface area contributed by atoms with Crippen LogP contribution in [0.3, 0.4) is 0 Å². The molecule has 11 rings (SSSR count). The molecule has 0 spiro atoms. The van der Waals surface area contributed by atoms with Crippen molar-refractivity contribution in [3.8, 4) is 11.1 Å². The Morgan fingerprint density at radius 3 is 1.70 bits per heavy atom. The molecule has 4 heterocycles. The van der Waals surface area contributed by atoms with Gasteiger partial charge in [0.2, 0.25) is 0 Å². The highest BCUT2D eigenvalue weighted by Crippen LogP contribution is 2.56. The van der Waals surface area contributed by atoms with E-state index < -0.39 is 0 Å². The summed E-state index contributed by atoms with van der Waals surface area (Å²) in [6.07, 6.45) is 2.24. The molecule has 2 aromatic heterocycles. The number of fused-ring (bicyclic) bond motifs is 8. The summed E-state index contributed by atoms with van der Waals surface area (Å²) in [5.41, 5.74) is 22.6. The van der Waals surface area contributed by atoms with Crippen molar-refractivity contribution in [3.05, 3.63) is 142 Å². The van der Waals surface area contributed by atoms with Crippen molar-refractivity contribution in [1.82, 2.24) is 4.98 Å². The monoisotopic (exact) mass is 928 g/mol. The lowest BCUT2D eigenvalue weighted by Crippen LogP contribution is -2.61. The Labute approximate surface area is 418 Å². The van der Waals surface area contributed by atoms with E-state index in [4.69, 9.17) is 4.98 Å². The third-order valence-corrected chi connectivity index (χ3v) is 18.0. The van der Waals surface area contributed by atoms with Crippen molar-refractivity contribution < 1.29 is 0 Å². The Morgan fingerprint density at radius 2 is 1.07 bits per heavy atom. The van der Waals surface area contributed by atoms with Gasteiger partial charge in [0.15, 0.2) is 0 Å². The van der Waals surface area contributed by atoms with E-state index in [1.807, 2.05) is 11.3 Å². The van der Waals surface area contributed by atoms with E-state index in [0.717, 1.165) is 24.4 Å². The molecule has 2 aliphatic carbocycles. The fraction of sp³-hybridized carbons (Fsp3) is 0.422. The van der Waals surface area contributed by atoms with Gasteiger partial charge in [-0.3, -0.25) is 4.90 Å². The number of thiophene rings is 1. The molecule has 7 aromatic rings. The normalized spacial score (nSPS) is 18.3. The minimum absolute atomic E-state index is 0.00549. The van der Waals surface area contributed by atoms with Gasteiger partial charge in [-0.25, -0.2) is 4.98 Å². The average Bonchev–Trinajstić information content (AvgIpc) is 3.77. The maximum absolute atomic E-state index is 5.75. The molecule has 354 valence electrons. The molecule has 0 atom stereocenters. The summed E-state index contributed by atoms with van der Waals surface area (Å²) in [7, 11) is 0. The van der Waals surface area contributed by atoms with E-state index >= 15 is 0 Å². The molecular formula is C64H74BN3S. The second kappa shape index (κ2) is 14.5. The lowest BCUT2D eigenvalue weighted by molar-refractivity contribution is 0.403. The van der Waals surface area contributed by atoms with E-state index in [9.17, 15) is 0 Å². The average molecular weight is 928 g/mol. The predicted molar refractivity (Wildman–Crippen MR) is 301 cm³/mol. The number of anilines is 6. The number of aryl methyl sites for hydroxylation is 1. The van der Waals surface area contributed by atoms with Crippen LogP contribution in [-0.4, -0.2) is 11.7 Å². The van der Waals surface area contributed by atoms with Crippen LogP contribution in [0.1, 0.15) is 175 Å². The second-order valence-electron chi connectivity index (χ2n) is 27.3. The Kier molecular flexibility index (Phi) is 9.72. The summed E-state index contributed by atoms with van der Waals surface area (Å²) in [5, 5.41) is 1.33. The van der Waals surface area contributed by atoms with Crippen LogP contribution in [0.15, 0.2) is 97.1 Å². The van der Waals surface area contributed by atoms with Crippen molar-refractivity contribution >= 4 is 78.1 Å². The Hall–Kier alpha value is -5.13. The van der Waals surface area contributed by atoms with E-state index in [2.05, 4.69) is 231 Å². The van der Waals surface area contributed by atoms with Crippen LogP contribution in [0.4, 0.5) is 34.3 Å². The highest BCUT2D eigenvalue weighted by molar-refractivity contribution is 7.33. The summed E-state index contributed by atoms with van der Waals surface area (Å²) in [4.78, 5) is 11.0. The van der Waals surface area contributed by atoms with Crippen molar-refractivity contribution in [1.29, 1.82) is 0 Å². The van der Waals surface area contributed by atoms with Gasteiger partial charge in [-0.2, -0.15) is 0 Å². The summed E-state index contributed by atoms with van der Waals surface area (Å²) in [5.74, 6) is 1.05. The lowest BCUT2D eigenvalue weighted by atomic mass is 9.36. The topological polar surface area (TPSA) is 19.4 Å². The van der Waals surface area contributed by atoms with Crippen molar-refractivity contribution in [2.75, 3.05) is 9.80 Å². The molecule has 0 N–H and O–H groups in total. The molecule has 3 nitrogen and oxygen atoms in total. The van der Waals surface area contributed by atoms with Crippen molar-refractivity contribution in [2.24, 2.45) is 0 Å². The van der Waals surface area contributed by atoms with Crippen LogP contribution in [0.5, 0.6) is 0 Å². The lowest BCUT2D eigenvalue weighted by Gasteiger charge is -2.43. The Bertz CT molecular complexity index is 3300. The van der Waals surface area contributed by atoms with E-state index in [-0.39, 0.29) is 44.6 Å². The van der Waals surface area contributed by atoms with Crippen LogP contribution in [-0.2, 0) is 37.9 Å². The largest absolute Gasteiger partial charge is 0.309 e. The number of aromatic nitrogens is 1. The van der Waals surface area contributed by atoms with E-state index in [1.54, 1.807) is 0 Å². The third-order valence-electron chi connectivity index (χ3n) is 16.8. The van der Waals surface area contributed by atoms with Crippen LogP contribution >= 0.6 is 11.3 Å². The number of pyridine rings is 1. The van der Waals surface area contributed by atoms with Crippen LogP contribution in [0, 0.1) is 6.92 Å². The third kappa shape index (κ3) is 7.04. The van der Waals surface area contributed by atoms with Gasteiger partial charge < -0.3 is 4.90 Å². The zero-order chi connectivity index (χ0) is 49.5. The molecule has 69 heavy (non-hydrogen) atoms. The van der Waals surface area contributed by atoms with Crippen LogP contribution < -0.4 is 25.5 Å². The molecule has 0 fully saturated rings. The molecule has 5 heteroatoms. The summed E-state index contributed by atoms with van der Waals surface area (Å²) in [6.45, 7) is 42.8. The highest BCUT2D eigenvalue weighted by Gasteiger charge is 2.51. The Morgan fingerprint density at radius 1 is 0.522 bits per heavy atom. The molecule has 0 saturated carbocycles. The maximum Gasteiger partial charge on any atom is 0.266 e. The first-order valence-electron chi connectivity index (χ1n) is 25.7. The minimum atomic E-state index is -0.0354. The summed E-state index contributed by atoms with van der Waals surface area (Å²) < 4.78 is 2.73. The van der Waals surface area contributed by atoms with Crippen molar-refractivity contribution in [2.45, 2.75) is 175 Å². The molecule has 0 unspecified atom stereocenters. The SMILES string of the molecule is Cc1cc2c3c(n1)N(c1ccc4c(c1)C(C)(C)CC4(C)C)c1cc4c(cc1B3c1sc3ccc(C(C)(C)C)cc3c1N2c1ccc(C(C)(C)C)cc1-c1ccc(C(C)(C)C)cc1)C(C)(C)CC4(C)C. The van der Waals surface area contributed by atoms with Gasteiger partial charge in [0, 0.05) is 43.2 Å². The van der Waals surface area contributed by atoms with E-state index in [0.29, 0.717) is 0 Å². The zero-order valence-electron chi connectivity index (χ0n) is 45.0. The molecule has 0 saturated heterocycles. The first kappa shape index (κ1) is 46.3. The maximum atomic E-state index is 5.75. The molecule has 0 amide bonds. The van der Waals surface area contributed by atoms with Gasteiger partial charge in [-0.1, -0.05) is 166 Å². The van der Waals surface area contributed by atoms with Gasteiger partial charge in [0.25, 0.3) is 6.71 Å². The number of rotatable bonds is 3. The van der Waals surface area contributed by atoms with Gasteiger partial charge in [0.05, 0.1) is 11.4 Å². The van der Waals surface area contributed by atoms with E-state index in [1.165, 1.54) is 104 Å². The highest BCUT2D eigenvalue weighted by atomic mass is 32.1. The number of nitrogens with zero attached hydrogens (tertiary/aromatic N) is 3. The van der Waals surface area contributed by atoms with Crippen molar-refractivity contribution in [3.63, 3.8) is 0 Å². The standard InChI is InChI=1S/C64H74BN3S/c1-37-29-52-54-57(66-37)67(42-25-26-45-46(32-42)62(13,14)35-61(45,11)12)51-34-48-47(63(15,16)36-64(48,17)18)33-49(51)65(54)56-55(44-31-41(60(8,9)10)24-28-53(44)69-56)68(52)50-27-23-40(59(5,6)7)30-43(50)38-19-21-39(22-20-38)58(2,3)4/h19-34H,35-36H2,1-18H3. The number of benzene rings is 5. The zero-order valence-corrected chi connectivity index (χ0v) is 45.8. The van der Waals surface area contributed by atoms with Crippen LogP contribution in [0.25, 0.3) is 21.2 Å². The number of hydrogen-bond donors (Lipinski definition) is 0. The van der Waals surface area contributed by atoms with Gasteiger partial charge in [-0.15, -0.1) is 11.3 Å². The molecular weight excluding hydrogens is 854 g/mol. The predicted octanol–water partition coefficient (Wildman–Crippen LogP) is 16.2. The molecule has 0 radical (unpaired) electrons. The summed E-state index contributed by atoms with van der Waals surface area (Å²) in [6, 6.07) is 39.2. The first-order chi connectivity index (χ1) is 32.0. The van der Waals surface area contributed by atoms with Gasteiger partial charge in [0.1, 0.15) is 5.82 Å². The summed E-state index contributed by atoms with van der Waals surface area (Å²) >= 11 is 2.00. The first-order valence-corrected chi connectivity index (χ1v) is 26.6. The molecule has 2 aliphatic heterocycles. The quantitative estimate of drug-likeness (QED) is 0.165. The Balaban J connectivity index is 1.27. The fourth-order valence-corrected chi connectivity index (χ4v) is 14.9. The van der Waals surface area contributed by atoms with Gasteiger partial charge >= 0.3 is 0 Å². The number of hydrogen-bond acceptors (Lipinski definition) is 4. The van der Waals surface area contributed by atoms with Crippen LogP contribution in [0.2, 0.25) is 0 Å². The molecule has 0 bridgehead atoms. The smallest absolute Gasteiger partial charge is 0.266 e. The molecule has 5 aromatic carbocycles.